The summed E-state index contributed by atoms with van der Waals surface area (Å²) >= 11 is 0. The molecule has 0 bridgehead atoms. The van der Waals surface area contributed by atoms with Crippen molar-refractivity contribution >= 4 is 43.7 Å². The van der Waals surface area contributed by atoms with Crippen LogP contribution in [0.1, 0.15) is 0 Å². The molecule has 6 rings (SSSR count). The summed E-state index contributed by atoms with van der Waals surface area (Å²) in [6.07, 6.45) is 7.22. The lowest BCUT2D eigenvalue weighted by atomic mass is 10.1. The summed E-state index contributed by atoms with van der Waals surface area (Å²) < 4.78 is 2.28. The molecule has 0 radical (unpaired) electrons. The van der Waals surface area contributed by atoms with Crippen LogP contribution in [0.5, 0.6) is 0 Å². The maximum atomic E-state index is 4.38. The number of para-hydroxylation sites is 1. The third-order valence-corrected chi connectivity index (χ3v) is 4.99. The smallest absolute Gasteiger partial charge is 0.141 e. The molecule has 0 aliphatic rings. The molecule has 0 unspecified atom stereocenters. The van der Waals surface area contributed by atoms with E-state index in [0.717, 1.165) is 38.7 Å². The molecule has 1 N–H and O–H groups in total. The van der Waals surface area contributed by atoms with E-state index in [1.54, 1.807) is 6.33 Å². The second-order valence-corrected chi connectivity index (χ2v) is 6.36. The molecule has 5 nitrogen and oxygen atoms in total. The lowest BCUT2D eigenvalue weighted by Gasteiger charge is -2.09. The minimum Gasteiger partial charge on any atom is -0.339 e. The summed E-state index contributed by atoms with van der Waals surface area (Å²) in [6, 6.07) is 16.8. The van der Waals surface area contributed by atoms with Crippen LogP contribution < -0.4 is 0 Å². The number of aromatic amines is 1. The summed E-state index contributed by atoms with van der Waals surface area (Å²) in [7, 11) is 0. The van der Waals surface area contributed by atoms with Crippen molar-refractivity contribution in [2.24, 2.45) is 0 Å². The lowest BCUT2D eigenvalue weighted by molar-refractivity contribution is 1.18. The van der Waals surface area contributed by atoms with E-state index < -0.39 is 0 Å². The molecule has 5 heteroatoms. The molecule has 2 aromatic carbocycles. The van der Waals surface area contributed by atoms with Gasteiger partial charge in [0.05, 0.1) is 22.9 Å². The van der Waals surface area contributed by atoms with E-state index in [-0.39, 0.29) is 0 Å². The zero-order chi connectivity index (χ0) is 17.1. The van der Waals surface area contributed by atoms with E-state index in [4.69, 9.17) is 0 Å². The van der Waals surface area contributed by atoms with Gasteiger partial charge < -0.3 is 9.55 Å². The van der Waals surface area contributed by atoms with Crippen molar-refractivity contribution in [1.29, 1.82) is 0 Å². The molecule has 4 aromatic heterocycles. The first-order valence-electron chi connectivity index (χ1n) is 8.46. The van der Waals surface area contributed by atoms with Crippen molar-refractivity contribution in [3.63, 3.8) is 0 Å². The first-order valence-corrected chi connectivity index (χ1v) is 8.46. The quantitative estimate of drug-likeness (QED) is 0.477. The van der Waals surface area contributed by atoms with Crippen LogP contribution in [0.25, 0.3) is 49.4 Å². The fraction of sp³-hybridized carbons (Fsp3) is 0. The number of H-pyrrole nitrogens is 1. The van der Waals surface area contributed by atoms with Crippen molar-refractivity contribution in [3.05, 3.63) is 73.4 Å². The van der Waals surface area contributed by atoms with Crippen LogP contribution in [0.15, 0.2) is 73.4 Å². The Kier molecular flexibility index (Phi) is 2.55. The summed E-state index contributed by atoms with van der Waals surface area (Å²) in [5, 5.41) is 4.56. The summed E-state index contributed by atoms with van der Waals surface area (Å²) in [5.74, 6) is 0. The molecule has 0 aliphatic carbocycles. The first-order chi connectivity index (χ1) is 12.9. The topological polar surface area (TPSA) is 59.4 Å². The molecule has 0 atom stereocenters. The molecular formula is C21H13N5. The van der Waals surface area contributed by atoms with Gasteiger partial charge in [-0.25, -0.2) is 9.97 Å². The molecule has 0 saturated heterocycles. The highest BCUT2D eigenvalue weighted by Gasteiger charge is 2.16. The number of aromatic nitrogens is 5. The van der Waals surface area contributed by atoms with Gasteiger partial charge in [-0.3, -0.25) is 4.98 Å². The number of hydrogen-bond acceptors (Lipinski definition) is 3. The zero-order valence-corrected chi connectivity index (χ0v) is 13.7. The average molecular weight is 335 g/mol. The molecule has 0 spiro atoms. The van der Waals surface area contributed by atoms with Crippen LogP contribution in [-0.2, 0) is 0 Å². The Morgan fingerprint density at radius 1 is 0.769 bits per heavy atom. The van der Waals surface area contributed by atoms with Crippen molar-refractivity contribution in [2.45, 2.75) is 0 Å². The van der Waals surface area contributed by atoms with Crippen LogP contribution in [0.3, 0.4) is 0 Å². The highest BCUT2D eigenvalue weighted by molar-refractivity contribution is 6.14. The minimum atomic E-state index is 0.848. The molecule has 0 fully saturated rings. The maximum Gasteiger partial charge on any atom is 0.141 e. The Morgan fingerprint density at radius 3 is 2.69 bits per heavy atom. The summed E-state index contributed by atoms with van der Waals surface area (Å²) in [5.41, 5.74) is 5.25. The van der Waals surface area contributed by atoms with Crippen molar-refractivity contribution in [2.75, 3.05) is 0 Å². The Morgan fingerprint density at radius 2 is 1.69 bits per heavy atom. The van der Waals surface area contributed by atoms with Crippen LogP contribution in [0, 0.1) is 0 Å². The average Bonchev–Trinajstić information content (AvgIpc) is 3.24. The van der Waals surface area contributed by atoms with E-state index in [1.807, 2.05) is 18.6 Å². The van der Waals surface area contributed by atoms with Gasteiger partial charge in [-0.05, 0) is 24.3 Å². The number of nitrogens with zero attached hydrogens (tertiary/aromatic N) is 4. The maximum absolute atomic E-state index is 4.38. The minimum absolute atomic E-state index is 0.848. The van der Waals surface area contributed by atoms with Gasteiger partial charge in [-0.15, -0.1) is 0 Å². The number of hydrogen-bond donors (Lipinski definition) is 1. The van der Waals surface area contributed by atoms with Gasteiger partial charge >= 0.3 is 0 Å². The van der Waals surface area contributed by atoms with Gasteiger partial charge in [-0.2, -0.15) is 0 Å². The molecule has 4 heterocycles. The summed E-state index contributed by atoms with van der Waals surface area (Å²) in [6.45, 7) is 0. The molecule has 0 aliphatic heterocycles. The Balaban J connectivity index is 1.87. The predicted molar refractivity (Wildman–Crippen MR) is 104 cm³/mol. The summed E-state index contributed by atoms with van der Waals surface area (Å²) in [4.78, 5) is 16.4. The van der Waals surface area contributed by atoms with E-state index in [0.29, 0.717) is 0 Å². The Labute approximate surface area is 148 Å². The molecule has 6 aromatic rings. The number of benzene rings is 2. The number of nitrogens with one attached hydrogen (secondary N) is 1. The second kappa shape index (κ2) is 4.89. The van der Waals surface area contributed by atoms with E-state index in [2.05, 4.69) is 73.0 Å². The van der Waals surface area contributed by atoms with Crippen LogP contribution in [0.4, 0.5) is 0 Å². The fourth-order valence-electron chi connectivity index (χ4n) is 3.93. The largest absolute Gasteiger partial charge is 0.339 e. The monoisotopic (exact) mass is 335 g/mol. The van der Waals surface area contributed by atoms with Gasteiger partial charge in [0.2, 0.25) is 0 Å². The fourth-order valence-corrected chi connectivity index (χ4v) is 3.93. The van der Waals surface area contributed by atoms with Crippen molar-refractivity contribution in [1.82, 2.24) is 24.5 Å². The highest BCUT2D eigenvalue weighted by Crippen LogP contribution is 2.36. The standard InChI is InChI=1S/C21H13N5/c1-2-6-17-13(4-1)14-8-9-22-11-19(14)26(17)18-7-3-5-16-20(18)15-10-23-12-24-21(15)25-16/h1-12H,(H,23,24,25). The van der Waals surface area contributed by atoms with Crippen molar-refractivity contribution < 1.29 is 0 Å². The van der Waals surface area contributed by atoms with Gasteiger partial charge in [0.15, 0.2) is 0 Å². The third kappa shape index (κ3) is 1.66. The second-order valence-electron chi connectivity index (χ2n) is 6.36. The van der Waals surface area contributed by atoms with E-state index in [9.17, 15) is 0 Å². The van der Waals surface area contributed by atoms with Gasteiger partial charge in [-0.1, -0.05) is 24.3 Å². The number of rotatable bonds is 1. The highest BCUT2D eigenvalue weighted by atomic mass is 15.0. The number of pyridine rings is 1. The zero-order valence-electron chi connectivity index (χ0n) is 13.7. The molecule has 26 heavy (non-hydrogen) atoms. The normalized spacial score (nSPS) is 11.8. The van der Waals surface area contributed by atoms with Gasteiger partial charge in [0, 0.05) is 39.5 Å². The van der Waals surface area contributed by atoms with Crippen LogP contribution in [0.2, 0.25) is 0 Å². The van der Waals surface area contributed by atoms with E-state index >= 15 is 0 Å². The Bertz CT molecular complexity index is 1390. The first kappa shape index (κ1) is 13.5. The van der Waals surface area contributed by atoms with Crippen LogP contribution >= 0.6 is 0 Å². The Hall–Kier alpha value is -3.73. The molecule has 0 amide bonds. The number of fused-ring (bicyclic) bond motifs is 6. The molecule has 0 saturated carbocycles. The van der Waals surface area contributed by atoms with Gasteiger partial charge in [0.25, 0.3) is 0 Å². The van der Waals surface area contributed by atoms with Gasteiger partial charge in [0.1, 0.15) is 12.0 Å². The molecular weight excluding hydrogens is 322 g/mol. The van der Waals surface area contributed by atoms with E-state index in [1.165, 1.54) is 10.8 Å². The molecule has 122 valence electrons. The predicted octanol–water partition coefficient (Wildman–Crippen LogP) is 4.60. The third-order valence-electron chi connectivity index (χ3n) is 4.99. The SMILES string of the molecule is c1cc(-n2c3ccccc3c3ccncc32)c2c(c1)[nH]c1ncncc12. The van der Waals surface area contributed by atoms with Crippen LogP contribution in [-0.4, -0.2) is 24.5 Å². The lowest BCUT2D eigenvalue weighted by Crippen LogP contribution is -1.95. The van der Waals surface area contributed by atoms with Crippen molar-refractivity contribution in [3.8, 4) is 5.69 Å².